The van der Waals surface area contributed by atoms with E-state index in [1.54, 1.807) is 0 Å². The molecule has 0 radical (unpaired) electrons. The maximum Gasteiger partial charge on any atom is 0.174 e. The van der Waals surface area contributed by atoms with Crippen LogP contribution in [0.25, 0.3) is 0 Å². The van der Waals surface area contributed by atoms with Gasteiger partial charge in [0.1, 0.15) is 11.8 Å². The van der Waals surface area contributed by atoms with Crippen LogP contribution in [0.2, 0.25) is 0 Å². The van der Waals surface area contributed by atoms with Gasteiger partial charge in [-0.3, -0.25) is 0 Å². The van der Waals surface area contributed by atoms with Gasteiger partial charge in [0.2, 0.25) is 0 Å². The van der Waals surface area contributed by atoms with Crippen molar-refractivity contribution in [1.29, 1.82) is 5.26 Å². The van der Waals surface area contributed by atoms with Gasteiger partial charge in [-0.2, -0.15) is 5.26 Å². The van der Waals surface area contributed by atoms with Crippen molar-refractivity contribution in [3.8, 4) is 11.8 Å². The molecule has 0 aliphatic rings. The second-order valence-corrected chi connectivity index (χ2v) is 3.61. The van der Waals surface area contributed by atoms with Crippen LogP contribution in [0.5, 0.6) is 5.75 Å². The van der Waals surface area contributed by atoms with Crippen LogP contribution in [0.15, 0.2) is 24.3 Å². The molecule has 0 bridgehead atoms. The predicted octanol–water partition coefficient (Wildman–Crippen LogP) is 3.19. The van der Waals surface area contributed by atoms with Crippen molar-refractivity contribution in [1.82, 2.24) is 0 Å². The SMILES string of the molecule is CCCCCNc1ccc(OCC#N)cc1. The maximum absolute atomic E-state index is 8.36. The summed E-state index contributed by atoms with van der Waals surface area (Å²) in [5.74, 6) is 0.737. The van der Waals surface area contributed by atoms with Crippen molar-refractivity contribution >= 4 is 5.69 Å². The van der Waals surface area contributed by atoms with Crippen molar-refractivity contribution in [2.45, 2.75) is 26.2 Å². The molecule has 0 aliphatic carbocycles. The van der Waals surface area contributed by atoms with Crippen LogP contribution in [-0.4, -0.2) is 13.2 Å². The summed E-state index contributed by atoms with van der Waals surface area (Å²) in [6, 6.07) is 9.63. The zero-order valence-electron chi connectivity index (χ0n) is 9.70. The number of hydrogen-bond donors (Lipinski definition) is 1. The van der Waals surface area contributed by atoms with Crippen LogP contribution in [0.4, 0.5) is 5.69 Å². The van der Waals surface area contributed by atoms with Crippen LogP contribution in [-0.2, 0) is 0 Å². The highest BCUT2D eigenvalue weighted by molar-refractivity contribution is 5.46. The molecule has 0 saturated heterocycles. The van der Waals surface area contributed by atoms with Gasteiger partial charge in [-0.15, -0.1) is 0 Å². The highest BCUT2D eigenvalue weighted by atomic mass is 16.5. The fourth-order valence-electron chi connectivity index (χ4n) is 1.39. The molecule has 0 unspecified atom stereocenters. The standard InChI is InChI=1S/C13H18N2O/c1-2-3-4-10-15-12-5-7-13(8-6-12)16-11-9-14/h5-8,15H,2-4,10-11H2,1H3. The Kier molecular flexibility index (Phi) is 5.87. The fraction of sp³-hybridized carbons (Fsp3) is 0.462. The number of hydrogen-bond acceptors (Lipinski definition) is 3. The fourth-order valence-corrected chi connectivity index (χ4v) is 1.39. The van der Waals surface area contributed by atoms with Gasteiger partial charge in [-0.1, -0.05) is 19.8 Å². The van der Waals surface area contributed by atoms with E-state index in [0.29, 0.717) is 0 Å². The third-order valence-electron chi connectivity index (χ3n) is 2.27. The molecule has 1 aromatic carbocycles. The Balaban J connectivity index is 2.31. The molecule has 0 heterocycles. The number of benzene rings is 1. The monoisotopic (exact) mass is 218 g/mol. The van der Waals surface area contributed by atoms with Crippen LogP contribution in [0.3, 0.4) is 0 Å². The topological polar surface area (TPSA) is 45.0 Å². The van der Waals surface area contributed by atoms with Crippen molar-refractivity contribution < 1.29 is 4.74 Å². The first kappa shape index (κ1) is 12.4. The maximum atomic E-state index is 8.36. The van der Waals surface area contributed by atoms with E-state index in [-0.39, 0.29) is 6.61 Å². The Morgan fingerprint density at radius 2 is 2.00 bits per heavy atom. The van der Waals surface area contributed by atoms with Gasteiger partial charge >= 0.3 is 0 Å². The number of anilines is 1. The van der Waals surface area contributed by atoms with Crippen molar-refractivity contribution in [2.75, 3.05) is 18.5 Å². The molecular formula is C13H18N2O. The molecule has 0 spiro atoms. The molecule has 0 aliphatic heterocycles. The summed E-state index contributed by atoms with van der Waals surface area (Å²) in [5, 5.41) is 11.7. The number of nitrogens with zero attached hydrogens (tertiary/aromatic N) is 1. The summed E-state index contributed by atoms with van der Waals surface area (Å²) in [4.78, 5) is 0. The number of rotatable bonds is 7. The average Bonchev–Trinajstić information content (AvgIpc) is 2.33. The van der Waals surface area contributed by atoms with E-state index >= 15 is 0 Å². The van der Waals surface area contributed by atoms with Crippen LogP contribution < -0.4 is 10.1 Å². The van der Waals surface area contributed by atoms with E-state index < -0.39 is 0 Å². The second-order valence-electron chi connectivity index (χ2n) is 3.61. The summed E-state index contributed by atoms with van der Waals surface area (Å²) in [6.07, 6.45) is 3.70. The smallest absolute Gasteiger partial charge is 0.174 e. The zero-order chi connectivity index (χ0) is 11.6. The highest BCUT2D eigenvalue weighted by Crippen LogP contribution is 2.15. The summed E-state index contributed by atoms with van der Waals surface area (Å²) in [6.45, 7) is 3.30. The third kappa shape index (κ3) is 4.70. The van der Waals surface area contributed by atoms with E-state index in [2.05, 4.69) is 12.2 Å². The molecule has 0 aromatic heterocycles. The molecule has 0 amide bonds. The Hall–Kier alpha value is -1.69. The lowest BCUT2D eigenvalue weighted by molar-refractivity contribution is 0.368. The first-order valence-corrected chi connectivity index (χ1v) is 5.70. The number of ether oxygens (including phenoxy) is 1. The average molecular weight is 218 g/mol. The lowest BCUT2D eigenvalue weighted by Gasteiger charge is -2.07. The molecular weight excluding hydrogens is 200 g/mol. The minimum Gasteiger partial charge on any atom is -0.479 e. The quantitative estimate of drug-likeness (QED) is 0.715. The van der Waals surface area contributed by atoms with Crippen LogP contribution >= 0.6 is 0 Å². The minimum atomic E-state index is 0.100. The third-order valence-corrected chi connectivity index (χ3v) is 2.27. The largest absolute Gasteiger partial charge is 0.479 e. The first-order valence-electron chi connectivity index (χ1n) is 5.70. The van der Waals surface area contributed by atoms with Crippen LogP contribution in [0, 0.1) is 11.3 Å². The molecule has 1 N–H and O–H groups in total. The Morgan fingerprint density at radius 3 is 2.62 bits per heavy atom. The van der Waals surface area contributed by atoms with Gasteiger partial charge in [0.15, 0.2) is 6.61 Å². The van der Waals surface area contributed by atoms with Crippen LogP contribution in [0.1, 0.15) is 26.2 Å². The number of nitriles is 1. The molecule has 0 atom stereocenters. The van der Waals surface area contributed by atoms with Gasteiger partial charge in [0.05, 0.1) is 0 Å². The predicted molar refractivity (Wildman–Crippen MR) is 65.6 cm³/mol. The van der Waals surface area contributed by atoms with Gasteiger partial charge in [-0.25, -0.2) is 0 Å². The highest BCUT2D eigenvalue weighted by Gasteiger charge is 1.94. The second kappa shape index (κ2) is 7.58. The van der Waals surface area contributed by atoms with E-state index in [1.807, 2.05) is 30.3 Å². The zero-order valence-corrected chi connectivity index (χ0v) is 9.70. The molecule has 1 aromatic rings. The van der Waals surface area contributed by atoms with Crippen molar-refractivity contribution in [2.24, 2.45) is 0 Å². The molecule has 16 heavy (non-hydrogen) atoms. The Morgan fingerprint density at radius 1 is 1.25 bits per heavy atom. The number of nitrogens with one attached hydrogen (secondary N) is 1. The van der Waals surface area contributed by atoms with Gasteiger partial charge in [-0.05, 0) is 30.7 Å². The Labute approximate surface area is 97.0 Å². The molecule has 0 fully saturated rings. The Bertz CT molecular complexity index is 327. The van der Waals surface area contributed by atoms with E-state index in [9.17, 15) is 0 Å². The normalized spacial score (nSPS) is 9.50. The van der Waals surface area contributed by atoms with E-state index in [1.165, 1.54) is 19.3 Å². The van der Waals surface area contributed by atoms with Crippen molar-refractivity contribution in [3.63, 3.8) is 0 Å². The molecule has 3 heteroatoms. The summed E-state index contributed by atoms with van der Waals surface area (Å²) in [5.41, 5.74) is 1.10. The molecule has 86 valence electrons. The summed E-state index contributed by atoms with van der Waals surface area (Å²) in [7, 11) is 0. The van der Waals surface area contributed by atoms with Gasteiger partial charge in [0.25, 0.3) is 0 Å². The lowest BCUT2D eigenvalue weighted by atomic mass is 10.2. The van der Waals surface area contributed by atoms with Gasteiger partial charge < -0.3 is 10.1 Å². The van der Waals surface area contributed by atoms with E-state index in [0.717, 1.165) is 18.0 Å². The molecule has 3 nitrogen and oxygen atoms in total. The summed E-state index contributed by atoms with van der Waals surface area (Å²) < 4.78 is 5.16. The lowest BCUT2D eigenvalue weighted by Crippen LogP contribution is -2.01. The van der Waals surface area contributed by atoms with Gasteiger partial charge in [0, 0.05) is 12.2 Å². The van der Waals surface area contributed by atoms with Crippen molar-refractivity contribution in [3.05, 3.63) is 24.3 Å². The first-order chi connectivity index (χ1) is 7.86. The summed E-state index contributed by atoms with van der Waals surface area (Å²) >= 11 is 0. The van der Waals surface area contributed by atoms with E-state index in [4.69, 9.17) is 10.00 Å². The molecule has 1 rings (SSSR count). The molecule has 0 saturated carbocycles. The minimum absolute atomic E-state index is 0.100. The number of unbranched alkanes of at least 4 members (excludes halogenated alkanes) is 2.